The van der Waals surface area contributed by atoms with E-state index >= 15 is 0 Å². The molecule has 0 saturated carbocycles. The maximum absolute atomic E-state index is 12.7. The molecule has 1 N–H and O–H groups in total. The van der Waals surface area contributed by atoms with Crippen molar-refractivity contribution in [2.45, 2.75) is 25.1 Å². The molecule has 0 bridgehead atoms. The Bertz CT molecular complexity index is 419. The van der Waals surface area contributed by atoms with Crippen LogP contribution < -0.4 is 10.1 Å². The Kier molecular flexibility index (Phi) is 4.73. The third kappa shape index (κ3) is 4.05. The van der Waals surface area contributed by atoms with E-state index in [2.05, 4.69) is 10.1 Å². The SMILES string of the molecule is CN[C@H](C)c1cccc(OCC(F)(F)C(F)(F)F)c1. The van der Waals surface area contributed by atoms with E-state index in [1.54, 1.807) is 13.1 Å². The molecule has 0 aliphatic heterocycles. The standard InChI is InChI=1S/C12H14F5NO/c1-8(18-2)9-4-3-5-10(6-9)19-7-11(13,14)12(15,16)17/h3-6,8,18H,7H2,1-2H3/t8-/m1/s1. The molecule has 19 heavy (non-hydrogen) atoms. The van der Waals surface area contributed by atoms with Crippen LogP contribution in [-0.4, -0.2) is 25.8 Å². The van der Waals surface area contributed by atoms with Crippen LogP contribution in [0.5, 0.6) is 5.75 Å². The second-order valence-corrected chi connectivity index (χ2v) is 4.07. The van der Waals surface area contributed by atoms with Gasteiger partial charge in [-0.05, 0) is 31.7 Å². The number of hydrogen-bond acceptors (Lipinski definition) is 2. The van der Waals surface area contributed by atoms with Gasteiger partial charge in [-0.1, -0.05) is 12.1 Å². The topological polar surface area (TPSA) is 21.3 Å². The summed E-state index contributed by atoms with van der Waals surface area (Å²) in [5, 5.41) is 2.92. The minimum Gasteiger partial charge on any atom is -0.487 e. The predicted molar refractivity (Wildman–Crippen MR) is 60.4 cm³/mol. The number of nitrogens with one attached hydrogen (secondary N) is 1. The third-order valence-electron chi connectivity index (χ3n) is 2.63. The van der Waals surface area contributed by atoms with Crippen LogP contribution in [0, 0.1) is 0 Å². The van der Waals surface area contributed by atoms with E-state index in [0.29, 0.717) is 0 Å². The molecule has 0 amide bonds. The molecule has 0 saturated heterocycles. The molecule has 0 fully saturated rings. The lowest BCUT2D eigenvalue weighted by Crippen LogP contribution is -2.41. The average molecular weight is 283 g/mol. The first kappa shape index (κ1) is 15.7. The van der Waals surface area contributed by atoms with Crippen molar-refractivity contribution in [2.24, 2.45) is 0 Å². The zero-order valence-electron chi connectivity index (χ0n) is 10.4. The molecular formula is C12H14F5NO. The van der Waals surface area contributed by atoms with E-state index < -0.39 is 18.7 Å². The maximum Gasteiger partial charge on any atom is 0.456 e. The molecule has 1 rings (SSSR count). The molecule has 1 aromatic carbocycles. The summed E-state index contributed by atoms with van der Waals surface area (Å²) >= 11 is 0. The van der Waals surface area contributed by atoms with Gasteiger partial charge in [0.2, 0.25) is 0 Å². The van der Waals surface area contributed by atoms with Crippen molar-refractivity contribution in [1.29, 1.82) is 0 Å². The smallest absolute Gasteiger partial charge is 0.456 e. The van der Waals surface area contributed by atoms with Gasteiger partial charge in [0.1, 0.15) is 5.75 Å². The van der Waals surface area contributed by atoms with E-state index in [1.165, 1.54) is 18.2 Å². The predicted octanol–water partition coefficient (Wildman–Crippen LogP) is 3.54. The zero-order valence-corrected chi connectivity index (χ0v) is 10.4. The Morgan fingerprint density at radius 1 is 1.21 bits per heavy atom. The summed E-state index contributed by atoms with van der Waals surface area (Å²) in [5.74, 6) is -4.89. The van der Waals surface area contributed by atoms with Crippen molar-refractivity contribution in [3.63, 3.8) is 0 Å². The maximum atomic E-state index is 12.7. The van der Waals surface area contributed by atoms with Crippen LogP contribution in [0.4, 0.5) is 22.0 Å². The van der Waals surface area contributed by atoms with Crippen molar-refractivity contribution in [3.8, 4) is 5.75 Å². The van der Waals surface area contributed by atoms with Crippen LogP contribution in [0.25, 0.3) is 0 Å². The molecule has 0 radical (unpaired) electrons. The van der Waals surface area contributed by atoms with Crippen LogP contribution in [-0.2, 0) is 0 Å². The van der Waals surface area contributed by atoms with Crippen molar-refractivity contribution in [2.75, 3.05) is 13.7 Å². The van der Waals surface area contributed by atoms with Gasteiger partial charge in [0.25, 0.3) is 0 Å². The summed E-state index contributed by atoms with van der Waals surface area (Å²) in [6.07, 6.45) is -5.61. The van der Waals surface area contributed by atoms with Crippen LogP contribution in [0.15, 0.2) is 24.3 Å². The van der Waals surface area contributed by atoms with Crippen LogP contribution in [0.1, 0.15) is 18.5 Å². The average Bonchev–Trinajstić information content (AvgIpc) is 2.34. The molecule has 0 aliphatic carbocycles. The van der Waals surface area contributed by atoms with Crippen molar-refractivity contribution in [1.82, 2.24) is 5.32 Å². The molecule has 0 aliphatic rings. The number of benzene rings is 1. The molecule has 108 valence electrons. The summed E-state index contributed by atoms with van der Waals surface area (Å²) in [7, 11) is 1.70. The van der Waals surface area contributed by atoms with Crippen LogP contribution in [0.2, 0.25) is 0 Å². The van der Waals surface area contributed by atoms with E-state index in [0.717, 1.165) is 5.56 Å². The second kappa shape index (κ2) is 5.73. The van der Waals surface area contributed by atoms with E-state index in [9.17, 15) is 22.0 Å². The van der Waals surface area contributed by atoms with Gasteiger partial charge in [-0.15, -0.1) is 0 Å². The van der Waals surface area contributed by atoms with Gasteiger partial charge in [-0.2, -0.15) is 22.0 Å². The Morgan fingerprint density at radius 2 is 1.84 bits per heavy atom. The molecule has 0 spiro atoms. The molecule has 1 aromatic rings. The third-order valence-corrected chi connectivity index (χ3v) is 2.63. The lowest BCUT2D eigenvalue weighted by Gasteiger charge is -2.20. The first-order valence-electron chi connectivity index (χ1n) is 5.52. The lowest BCUT2D eigenvalue weighted by atomic mass is 10.1. The van der Waals surface area contributed by atoms with Gasteiger partial charge < -0.3 is 10.1 Å². The monoisotopic (exact) mass is 283 g/mol. The minimum atomic E-state index is -5.61. The highest BCUT2D eigenvalue weighted by Crippen LogP contribution is 2.35. The van der Waals surface area contributed by atoms with Crippen LogP contribution >= 0.6 is 0 Å². The fraction of sp³-hybridized carbons (Fsp3) is 0.500. The zero-order chi connectivity index (χ0) is 14.7. The number of halogens is 5. The Labute approximate surface area is 107 Å². The molecule has 1 atom stereocenters. The first-order chi connectivity index (χ1) is 8.67. The normalized spacial score (nSPS) is 14.3. The van der Waals surface area contributed by atoms with Gasteiger partial charge in [0.15, 0.2) is 6.61 Å². The molecular weight excluding hydrogens is 269 g/mol. The van der Waals surface area contributed by atoms with Gasteiger partial charge in [0.05, 0.1) is 0 Å². The summed E-state index contributed by atoms with van der Waals surface area (Å²) in [5.41, 5.74) is 0.732. The molecule has 2 nitrogen and oxygen atoms in total. The van der Waals surface area contributed by atoms with Crippen molar-refractivity contribution >= 4 is 0 Å². The summed E-state index contributed by atoms with van der Waals surface area (Å²) in [6.45, 7) is 0.0946. The van der Waals surface area contributed by atoms with E-state index in [-0.39, 0.29) is 11.8 Å². The Morgan fingerprint density at radius 3 is 2.37 bits per heavy atom. The fourth-order valence-electron chi connectivity index (χ4n) is 1.30. The highest BCUT2D eigenvalue weighted by Gasteiger charge is 2.58. The van der Waals surface area contributed by atoms with E-state index in [1.807, 2.05) is 6.92 Å². The van der Waals surface area contributed by atoms with E-state index in [4.69, 9.17) is 0 Å². The quantitative estimate of drug-likeness (QED) is 0.834. The molecule has 7 heteroatoms. The van der Waals surface area contributed by atoms with Crippen LogP contribution in [0.3, 0.4) is 0 Å². The molecule has 0 heterocycles. The van der Waals surface area contributed by atoms with Gasteiger partial charge in [-0.25, -0.2) is 0 Å². The summed E-state index contributed by atoms with van der Waals surface area (Å²) < 4.78 is 65.8. The second-order valence-electron chi connectivity index (χ2n) is 4.07. The Hall–Kier alpha value is -1.37. The van der Waals surface area contributed by atoms with Gasteiger partial charge in [0, 0.05) is 6.04 Å². The number of hydrogen-bond donors (Lipinski definition) is 1. The summed E-state index contributed by atoms with van der Waals surface area (Å²) in [6, 6.07) is 5.94. The highest BCUT2D eigenvalue weighted by molar-refractivity contribution is 5.30. The number of alkyl halides is 5. The largest absolute Gasteiger partial charge is 0.487 e. The number of ether oxygens (including phenoxy) is 1. The van der Waals surface area contributed by atoms with Gasteiger partial charge in [-0.3, -0.25) is 0 Å². The minimum absolute atomic E-state index is 0.0245. The van der Waals surface area contributed by atoms with Gasteiger partial charge >= 0.3 is 12.1 Å². The lowest BCUT2D eigenvalue weighted by molar-refractivity contribution is -0.290. The van der Waals surface area contributed by atoms with Crippen molar-refractivity contribution < 1.29 is 26.7 Å². The Balaban J connectivity index is 2.74. The molecule has 0 aromatic heterocycles. The van der Waals surface area contributed by atoms with Crippen molar-refractivity contribution in [3.05, 3.63) is 29.8 Å². The first-order valence-corrected chi connectivity index (χ1v) is 5.52. The fourth-order valence-corrected chi connectivity index (χ4v) is 1.30. The molecule has 0 unspecified atom stereocenters. The number of rotatable bonds is 5. The summed E-state index contributed by atoms with van der Waals surface area (Å²) in [4.78, 5) is 0. The highest BCUT2D eigenvalue weighted by atomic mass is 19.4.